The van der Waals surface area contributed by atoms with E-state index >= 15 is 0 Å². The van der Waals surface area contributed by atoms with Crippen LogP contribution in [-0.2, 0) is 6.54 Å². The van der Waals surface area contributed by atoms with Crippen LogP contribution in [-0.4, -0.2) is 36.2 Å². The summed E-state index contributed by atoms with van der Waals surface area (Å²) in [5.74, 6) is 0.959. The van der Waals surface area contributed by atoms with Crippen molar-refractivity contribution in [3.63, 3.8) is 0 Å². The molecule has 0 aromatic carbocycles. The minimum Gasteiger partial charge on any atom is -0.287 e. The van der Waals surface area contributed by atoms with Crippen LogP contribution in [0, 0.1) is 0 Å². The van der Waals surface area contributed by atoms with Crippen molar-refractivity contribution in [1.29, 1.82) is 0 Å². The molecule has 1 N–H and O–H groups in total. The second kappa shape index (κ2) is 4.26. The maximum absolute atomic E-state index is 4.24. The van der Waals surface area contributed by atoms with Gasteiger partial charge >= 0.3 is 0 Å². The van der Waals surface area contributed by atoms with E-state index in [0.29, 0.717) is 6.04 Å². The molecule has 1 aliphatic heterocycles. The van der Waals surface area contributed by atoms with Crippen LogP contribution in [0.1, 0.15) is 30.4 Å². The van der Waals surface area contributed by atoms with Crippen molar-refractivity contribution in [1.82, 2.24) is 29.7 Å². The lowest BCUT2D eigenvalue weighted by Gasteiger charge is -2.20. The van der Waals surface area contributed by atoms with Crippen molar-refractivity contribution in [2.24, 2.45) is 0 Å². The molecule has 84 valence electrons. The van der Waals surface area contributed by atoms with Gasteiger partial charge in [0, 0.05) is 11.9 Å². The van der Waals surface area contributed by atoms with Gasteiger partial charge in [-0.1, -0.05) is 4.49 Å². The quantitative estimate of drug-likeness (QED) is 0.860. The molecule has 7 heteroatoms. The van der Waals surface area contributed by atoms with Gasteiger partial charge in [0.05, 0.1) is 11.7 Å². The monoisotopic (exact) mass is 236 g/mol. The van der Waals surface area contributed by atoms with Gasteiger partial charge in [0.25, 0.3) is 0 Å². The van der Waals surface area contributed by atoms with Crippen LogP contribution < -0.4 is 0 Å². The third-order valence-electron chi connectivity index (χ3n) is 2.88. The largest absolute Gasteiger partial charge is 0.287 e. The molecule has 2 aromatic heterocycles. The van der Waals surface area contributed by atoms with Crippen molar-refractivity contribution >= 4 is 11.5 Å². The number of hydrogen-bond acceptors (Lipinski definition) is 6. The highest BCUT2D eigenvalue weighted by atomic mass is 32.1. The van der Waals surface area contributed by atoms with E-state index < -0.39 is 0 Å². The van der Waals surface area contributed by atoms with E-state index in [1.54, 1.807) is 6.33 Å². The summed E-state index contributed by atoms with van der Waals surface area (Å²) in [6, 6.07) is 0.351. The number of H-pyrrole nitrogens is 1. The molecule has 1 atom stereocenters. The number of nitrogens with one attached hydrogen (secondary N) is 1. The van der Waals surface area contributed by atoms with Gasteiger partial charge in [-0.2, -0.15) is 5.10 Å². The normalized spacial score (nSPS) is 21.6. The van der Waals surface area contributed by atoms with Crippen LogP contribution in [0.2, 0.25) is 0 Å². The minimum atomic E-state index is 0.351. The molecule has 0 spiro atoms. The number of likely N-dealkylation sites (tertiary alicyclic amines) is 1. The molecule has 1 saturated heterocycles. The number of rotatable bonds is 3. The second-order valence-corrected chi connectivity index (χ2v) is 4.51. The molecule has 1 fully saturated rings. The molecular formula is C9H12N6S. The summed E-state index contributed by atoms with van der Waals surface area (Å²) in [5.41, 5.74) is 1.04. The SMILES string of the molecule is c1n[nH]c([C@@H]2CCCN2Cc2csnn2)n1. The number of hydrogen-bond donors (Lipinski definition) is 1. The molecule has 1 aliphatic rings. The van der Waals surface area contributed by atoms with Crippen LogP contribution in [0.5, 0.6) is 0 Å². The van der Waals surface area contributed by atoms with E-state index in [1.165, 1.54) is 18.0 Å². The zero-order chi connectivity index (χ0) is 10.8. The molecule has 3 rings (SSSR count). The van der Waals surface area contributed by atoms with Gasteiger partial charge in [-0.05, 0) is 30.9 Å². The Kier molecular flexibility index (Phi) is 2.63. The summed E-state index contributed by atoms with van der Waals surface area (Å²) in [4.78, 5) is 6.61. The number of aromatic amines is 1. The van der Waals surface area contributed by atoms with Gasteiger partial charge in [0.1, 0.15) is 12.2 Å². The van der Waals surface area contributed by atoms with Crippen LogP contribution in [0.4, 0.5) is 0 Å². The van der Waals surface area contributed by atoms with Crippen LogP contribution in [0.3, 0.4) is 0 Å². The summed E-state index contributed by atoms with van der Waals surface area (Å²) in [5, 5.41) is 12.9. The fraction of sp³-hybridized carbons (Fsp3) is 0.556. The summed E-state index contributed by atoms with van der Waals surface area (Å²) < 4.78 is 3.88. The Morgan fingerprint density at radius 2 is 2.56 bits per heavy atom. The Bertz CT molecular complexity index is 425. The zero-order valence-corrected chi connectivity index (χ0v) is 9.52. The second-order valence-electron chi connectivity index (χ2n) is 3.90. The summed E-state index contributed by atoms with van der Waals surface area (Å²) in [7, 11) is 0. The molecule has 0 amide bonds. The number of nitrogens with zero attached hydrogens (tertiary/aromatic N) is 5. The molecule has 0 saturated carbocycles. The first-order chi connectivity index (χ1) is 7.93. The average molecular weight is 236 g/mol. The molecule has 0 unspecified atom stereocenters. The number of aromatic nitrogens is 5. The van der Waals surface area contributed by atoms with Crippen LogP contribution in [0.15, 0.2) is 11.7 Å². The Labute approximate surface area is 96.9 Å². The van der Waals surface area contributed by atoms with E-state index in [2.05, 4.69) is 29.7 Å². The third-order valence-corrected chi connectivity index (χ3v) is 3.44. The lowest BCUT2D eigenvalue weighted by Crippen LogP contribution is -2.23. The fourth-order valence-corrected chi connectivity index (χ4v) is 2.60. The summed E-state index contributed by atoms with van der Waals surface area (Å²) >= 11 is 1.40. The lowest BCUT2D eigenvalue weighted by atomic mass is 10.2. The topological polar surface area (TPSA) is 70.6 Å². The van der Waals surface area contributed by atoms with Crippen molar-refractivity contribution in [2.75, 3.05) is 6.54 Å². The Morgan fingerprint density at radius 1 is 1.56 bits per heavy atom. The third kappa shape index (κ3) is 1.83. The first-order valence-corrected chi connectivity index (χ1v) is 6.12. The van der Waals surface area contributed by atoms with E-state index in [0.717, 1.165) is 31.0 Å². The van der Waals surface area contributed by atoms with Gasteiger partial charge in [-0.3, -0.25) is 10.00 Å². The highest BCUT2D eigenvalue weighted by molar-refractivity contribution is 7.03. The molecule has 0 radical (unpaired) electrons. The van der Waals surface area contributed by atoms with Gasteiger partial charge in [-0.25, -0.2) is 4.98 Å². The minimum absolute atomic E-state index is 0.351. The molecule has 16 heavy (non-hydrogen) atoms. The van der Waals surface area contributed by atoms with E-state index in [9.17, 15) is 0 Å². The molecular weight excluding hydrogens is 224 g/mol. The Morgan fingerprint density at radius 3 is 3.31 bits per heavy atom. The Hall–Kier alpha value is -1.34. The molecule has 0 bridgehead atoms. The molecule has 6 nitrogen and oxygen atoms in total. The zero-order valence-electron chi connectivity index (χ0n) is 8.70. The van der Waals surface area contributed by atoms with E-state index in [4.69, 9.17) is 0 Å². The van der Waals surface area contributed by atoms with Crippen molar-refractivity contribution < 1.29 is 0 Å². The highest BCUT2D eigenvalue weighted by Gasteiger charge is 2.28. The Balaban J connectivity index is 1.75. The molecule has 2 aromatic rings. The van der Waals surface area contributed by atoms with E-state index in [-0.39, 0.29) is 0 Å². The molecule has 0 aliphatic carbocycles. The van der Waals surface area contributed by atoms with Gasteiger partial charge in [-0.15, -0.1) is 5.10 Å². The first kappa shape index (κ1) is 9.86. The maximum Gasteiger partial charge on any atom is 0.141 e. The van der Waals surface area contributed by atoms with Crippen molar-refractivity contribution in [3.8, 4) is 0 Å². The summed E-state index contributed by atoms with van der Waals surface area (Å²) in [6.45, 7) is 1.94. The standard InChI is InChI=1S/C9H12N6S/c1-2-8(9-10-6-11-13-9)15(3-1)4-7-5-16-14-12-7/h5-6,8H,1-4H2,(H,10,11,13)/t8-/m0/s1. The van der Waals surface area contributed by atoms with Gasteiger partial charge in [0.2, 0.25) is 0 Å². The van der Waals surface area contributed by atoms with Gasteiger partial charge in [0.15, 0.2) is 0 Å². The van der Waals surface area contributed by atoms with Crippen molar-refractivity contribution in [2.45, 2.75) is 25.4 Å². The predicted molar refractivity (Wildman–Crippen MR) is 58.7 cm³/mol. The van der Waals surface area contributed by atoms with Crippen molar-refractivity contribution in [3.05, 3.63) is 23.2 Å². The average Bonchev–Trinajstić information content (AvgIpc) is 2.98. The van der Waals surface area contributed by atoms with E-state index in [1.807, 2.05) is 5.38 Å². The fourth-order valence-electron chi connectivity index (χ4n) is 2.16. The molecule has 3 heterocycles. The van der Waals surface area contributed by atoms with Crippen LogP contribution >= 0.6 is 11.5 Å². The van der Waals surface area contributed by atoms with Gasteiger partial charge < -0.3 is 0 Å². The predicted octanol–water partition coefficient (Wildman–Crippen LogP) is 0.993. The highest BCUT2D eigenvalue weighted by Crippen LogP contribution is 2.30. The first-order valence-electron chi connectivity index (χ1n) is 5.29. The lowest BCUT2D eigenvalue weighted by molar-refractivity contribution is 0.237. The smallest absolute Gasteiger partial charge is 0.141 e. The maximum atomic E-state index is 4.24. The summed E-state index contributed by atoms with van der Waals surface area (Å²) in [6.07, 6.45) is 3.89. The van der Waals surface area contributed by atoms with Crippen LogP contribution in [0.25, 0.3) is 0 Å².